The zero-order valence-electron chi connectivity index (χ0n) is 17.2. The van der Waals surface area contributed by atoms with Crippen molar-refractivity contribution in [1.82, 2.24) is 0 Å². The molecule has 2 aromatic rings. The Hall–Kier alpha value is -2.90. The number of nitrogens with one attached hydrogen (secondary N) is 1. The number of nitrogens with two attached hydrogens (primary N) is 1. The fourth-order valence-corrected chi connectivity index (χ4v) is 4.18. The van der Waals surface area contributed by atoms with Gasteiger partial charge in [-0.05, 0) is 55.7 Å². The Morgan fingerprint density at radius 2 is 1.77 bits per heavy atom. The average molecular weight is 445 g/mol. The Morgan fingerprint density at radius 3 is 2.35 bits per heavy atom. The molecule has 0 spiro atoms. The lowest BCUT2D eigenvalue weighted by Crippen LogP contribution is -2.45. The van der Waals surface area contributed by atoms with Crippen LogP contribution in [0, 0.1) is 5.41 Å². The van der Waals surface area contributed by atoms with Crippen molar-refractivity contribution >= 4 is 35.1 Å². The molecule has 2 aromatic carbocycles. The molecule has 31 heavy (non-hydrogen) atoms. The molecule has 3 N–H and O–H groups in total. The molecule has 8 heteroatoms. The molecule has 1 saturated heterocycles. The SMILES string of the molecule is CC(=O)c1ccc(NC(=O)OCC2(C(C(N)=O)c3ccccc3Cl)CCOCC2)cc1. The third-order valence-corrected chi connectivity index (χ3v) is 5.97. The van der Waals surface area contributed by atoms with Crippen LogP contribution in [0.25, 0.3) is 0 Å². The van der Waals surface area contributed by atoms with Gasteiger partial charge in [0.15, 0.2) is 5.78 Å². The molecule has 1 unspecified atom stereocenters. The second-order valence-corrected chi connectivity index (χ2v) is 8.07. The standard InChI is InChI=1S/C23H25ClN2O5/c1-15(27)16-6-8-17(9-7-16)26-22(29)31-14-23(10-12-30-13-11-23)20(21(25)28)18-4-2-3-5-19(18)24/h2-9,20H,10-14H2,1H3,(H2,25,28)(H,26,29). The van der Waals surface area contributed by atoms with Crippen molar-refractivity contribution in [2.24, 2.45) is 11.1 Å². The summed E-state index contributed by atoms with van der Waals surface area (Å²) in [7, 11) is 0. The van der Waals surface area contributed by atoms with E-state index in [1.807, 2.05) is 0 Å². The highest BCUT2D eigenvalue weighted by Gasteiger charge is 2.46. The number of carbonyl (C=O) groups excluding carboxylic acids is 3. The number of anilines is 1. The zero-order valence-corrected chi connectivity index (χ0v) is 18.0. The minimum Gasteiger partial charge on any atom is -0.449 e. The third-order valence-electron chi connectivity index (χ3n) is 5.63. The molecule has 0 aliphatic carbocycles. The monoisotopic (exact) mass is 444 g/mol. The topological polar surface area (TPSA) is 108 Å². The molecule has 164 valence electrons. The predicted octanol–water partition coefficient (Wildman–Crippen LogP) is 4.16. The second kappa shape index (κ2) is 9.94. The maximum absolute atomic E-state index is 12.5. The van der Waals surface area contributed by atoms with Crippen LogP contribution in [-0.2, 0) is 14.3 Å². The first-order valence-corrected chi connectivity index (χ1v) is 10.4. The van der Waals surface area contributed by atoms with E-state index in [4.69, 9.17) is 26.8 Å². The van der Waals surface area contributed by atoms with Gasteiger partial charge in [0.05, 0.1) is 5.92 Å². The third kappa shape index (κ3) is 5.42. The molecular formula is C23H25ClN2O5. The van der Waals surface area contributed by atoms with E-state index in [2.05, 4.69) is 5.32 Å². The summed E-state index contributed by atoms with van der Waals surface area (Å²) in [4.78, 5) is 36.3. The van der Waals surface area contributed by atoms with Gasteiger partial charge in [-0.2, -0.15) is 0 Å². The highest BCUT2D eigenvalue weighted by Crippen LogP contribution is 2.46. The van der Waals surface area contributed by atoms with Gasteiger partial charge in [0.1, 0.15) is 6.61 Å². The Labute approximate surface area is 185 Å². The van der Waals surface area contributed by atoms with Crippen molar-refractivity contribution in [3.8, 4) is 0 Å². The van der Waals surface area contributed by atoms with Crippen molar-refractivity contribution in [3.63, 3.8) is 0 Å². The van der Waals surface area contributed by atoms with Crippen LogP contribution in [0.5, 0.6) is 0 Å². The van der Waals surface area contributed by atoms with Crippen molar-refractivity contribution in [3.05, 3.63) is 64.7 Å². The fourth-order valence-electron chi connectivity index (χ4n) is 3.94. The van der Waals surface area contributed by atoms with Crippen molar-refractivity contribution in [1.29, 1.82) is 0 Å². The smallest absolute Gasteiger partial charge is 0.411 e. The molecule has 0 radical (unpaired) electrons. The molecule has 1 heterocycles. The number of amides is 2. The van der Waals surface area contributed by atoms with Crippen LogP contribution in [-0.4, -0.2) is 37.6 Å². The molecular weight excluding hydrogens is 420 g/mol. The zero-order chi connectivity index (χ0) is 22.4. The first-order chi connectivity index (χ1) is 14.8. The van der Waals surface area contributed by atoms with Gasteiger partial charge in [-0.25, -0.2) is 4.79 Å². The summed E-state index contributed by atoms with van der Waals surface area (Å²) in [5.41, 5.74) is 6.72. The van der Waals surface area contributed by atoms with Crippen LogP contribution >= 0.6 is 11.6 Å². The summed E-state index contributed by atoms with van der Waals surface area (Å²) >= 11 is 6.37. The van der Waals surface area contributed by atoms with Crippen LogP contribution in [0.2, 0.25) is 5.02 Å². The Kier molecular flexibility index (Phi) is 7.30. The largest absolute Gasteiger partial charge is 0.449 e. The predicted molar refractivity (Wildman–Crippen MR) is 117 cm³/mol. The van der Waals surface area contributed by atoms with Gasteiger partial charge in [-0.3, -0.25) is 14.9 Å². The van der Waals surface area contributed by atoms with Crippen molar-refractivity contribution in [2.45, 2.75) is 25.7 Å². The van der Waals surface area contributed by atoms with Crippen molar-refractivity contribution < 1.29 is 23.9 Å². The first-order valence-electron chi connectivity index (χ1n) is 9.99. The fraction of sp³-hybridized carbons (Fsp3) is 0.348. The van der Waals surface area contributed by atoms with Crippen LogP contribution in [0.4, 0.5) is 10.5 Å². The highest BCUT2D eigenvalue weighted by atomic mass is 35.5. The summed E-state index contributed by atoms with van der Waals surface area (Å²) < 4.78 is 11.0. The number of halogens is 1. The molecule has 1 atom stereocenters. The maximum Gasteiger partial charge on any atom is 0.411 e. The van der Waals surface area contributed by atoms with E-state index in [1.165, 1.54) is 6.92 Å². The van der Waals surface area contributed by atoms with Gasteiger partial charge < -0.3 is 15.2 Å². The van der Waals surface area contributed by atoms with Gasteiger partial charge in [-0.15, -0.1) is 0 Å². The van der Waals surface area contributed by atoms with Gasteiger partial charge >= 0.3 is 6.09 Å². The van der Waals surface area contributed by atoms with Crippen LogP contribution < -0.4 is 11.1 Å². The number of hydrogen-bond donors (Lipinski definition) is 2. The normalized spacial score (nSPS) is 16.2. The minimum atomic E-state index is -0.731. The number of primary amides is 1. The molecule has 7 nitrogen and oxygen atoms in total. The van der Waals surface area contributed by atoms with Crippen LogP contribution in [0.1, 0.15) is 41.6 Å². The molecule has 0 saturated carbocycles. The van der Waals surface area contributed by atoms with E-state index in [0.29, 0.717) is 47.9 Å². The quantitative estimate of drug-likeness (QED) is 0.623. The minimum absolute atomic E-state index is 0.0213. The second-order valence-electron chi connectivity index (χ2n) is 7.67. The lowest BCUT2D eigenvalue weighted by atomic mass is 9.67. The number of rotatable bonds is 7. The first kappa shape index (κ1) is 22.8. The van der Waals surface area contributed by atoms with Gasteiger partial charge in [0, 0.05) is 34.9 Å². The van der Waals surface area contributed by atoms with E-state index in [9.17, 15) is 14.4 Å². The Balaban J connectivity index is 1.77. The number of benzene rings is 2. The molecule has 2 amide bonds. The lowest BCUT2D eigenvalue weighted by molar-refractivity contribution is -0.126. The highest BCUT2D eigenvalue weighted by molar-refractivity contribution is 6.31. The number of ether oxygens (including phenoxy) is 2. The molecule has 0 aromatic heterocycles. The summed E-state index contributed by atoms with van der Waals surface area (Å²) in [6.45, 7) is 2.29. The summed E-state index contributed by atoms with van der Waals surface area (Å²) in [5, 5.41) is 3.08. The lowest BCUT2D eigenvalue weighted by Gasteiger charge is -2.41. The molecule has 1 fully saturated rings. The Bertz CT molecular complexity index is 955. The van der Waals surface area contributed by atoms with E-state index in [0.717, 1.165) is 0 Å². The molecule has 1 aliphatic rings. The number of hydrogen-bond acceptors (Lipinski definition) is 5. The molecule has 3 rings (SSSR count). The summed E-state index contributed by atoms with van der Waals surface area (Å²) in [5.74, 6) is -1.32. The number of carbonyl (C=O) groups is 3. The number of Topliss-reactive ketones (excluding diaryl/α,β-unsaturated/α-hetero) is 1. The summed E-state index contributed by atoms with van der Waals surface area (Å²) in [6.07, 6.45) is 0.322. The van der Waals surface area contributed by atoms with Gasteiger partial charge in [-0.1, -0.05) is 29.8 Å². The molecule has 1 aliphatic heterocycles. The Morgan fingerprint density at radius 1 is 1.13 bits per heavy atom. The van der Waals surface area contributed by atoms with Gasteiger partial charge in [0.25, 0.3) is 0 Å². The van der Waals surface area contributed by atoms with Crippen molar-refractivity contribution in [2.75, 3.05) is 25.1 Å². The van der Waals surface area contributed by atoms with Crippen LogP contribution in [0.3, 0.4) is 0 Å². The summed E-state index contributed by atoms with van der Waals surface area (Å²) in [6, 6.07) is 13.5. The van der Waals surface area contributed by atoms with E-state index in [-0.39, 0.29) is 12.4 Å². The average Bonchev–Trinajstić information content (AvgIpc) is 2.75. The van der Waals surface area contributed by atoms with E-state index >= 15 is 0 Å². The molecule has 0 bridgehead atoms. The van der Waals surface area contributed by atoms with E-state index < -0.39 is 23.3 Å². The van der Waals surface area contributed by atoms with Gasteiger partial charge in [0.2, 0.25) is 5.91 Å². The number of ketones is 1. The van der Waals surface area contributed by atoms with Crippen LogP contribution in [0.15, 0.2) is 48.5 Å². The van der Waals surface area contributed by atoms with E-state index in [1.54, 1.807) is 48.5 Å². The maximum atomic E-state index is 12.5.